The van der Waals surface area contributed by atoms with Crippen LogP contribution in [-0.4, -0.2) is 15.9 Å². The van der Waals surface area contributed by atoms with Crippen LogP contribution in [-0.2, 0) is 0 Å². The number of hydrogen-bond acceptors (Lipinski definition) is 4. The van der Waals surface area contributed by atoms with Gasteiger partial charge in [0.2, 0.25) is 0 Å². The van der Waals surface area contributed by atoms with Crippen molar-refractivity contribution in [1.29, 1.82) is 0 Å². The minimum Gasteiger partial charge on any atom is -0.321 e. The second-order valence-corrected chi connectivity index (χ2v) is 7.08. The Balaban J connectivity index is 1.68. The summed E-state index contributed by atoms with van der Waals surface area (Å²) in [5, 5.41) is 4.81. The molecule has 1 amide bonds. The Kier molecular flexibility index (Phi) is 4.22. The number of aryl methyl sites for hydroxylation is 2. The Hall–Kier alpha value is -3.05. The molecule has 0 atom stereocenters. The third kappa shape index (κ3) is 2.97. The number of amides is 1. The topological polar surface area (TPSA) is 54.9 Å². The van der Waals surface area contributed by atoms with Gasteiger partial charge in [0.25, 0.3) is 5.91 Å². The summed E-state index contributed by atoms with van der Waals surface area (Å²) in [5.74, 6) is -0.142. The molecular formula is C21H17N3OS. The van der Waals surface area contributed by atoms with Crippen LogP contribution in [0.3, 0.4) is 0 Å². The maximum atomic E-state index is 12.8. The fourth-order valence-electron chi connectivity index (χ4n) is 2.91. The number of nitrogens with one attached hydrogen (secondary N) is 1. The van der Waals surface area contributed by atoms with E-state index in [1.807, 2.05) is 68.4 Å². The number of pyridine rings is 1. The molecule has 0 spiro atoms. The number of thiazole rings is 1. The number of hydrogen-bond donors (Lipinski definition) is 1. The summed E-state index contributed by atoms with van der Waals surface area (Å²) < 4.78 is 0. The summed E-state index contributed by atoms with van der Waals surface area (Å²) in [7, 11) is 0. The maximum Gasteiger partial charge on any atom is 0.267 e. The molecule has 0 unspecified atom stereocenters. The van der Waals surface area contributed by atoms with Gasteiger partial charge in [-0.05, 0) is 37.6 Å². The van der Waals surface area contributed by atoms with Gasteiger partial charge in [-0.15, -0.1) is 11.3 Å². The molecule has 0 aliphatic carbocycles. The van der Waals surface area contributed by atoms with Crippen LogP contribution in [0, 0.1) is 13.8 Å². The molecule has 0 saturated heterocycles. The van der Waals surface area contributed by atoms with Gasteiger partial charge in [0.05, 0.1) is 16.9 Å². The highest BCUT2D eigenvalue weighted by atomic mass is 32.1. The summed E-state index contributed by atoms with van der Waals surface area (Å²) in [4.78, 5) is 22.5. The minimum absolute atomic E-state index is 0.142. The molecule has 4 rings (SSSR count). The fourth-order valence-corrected chi connectivity index (χ4v) is 3.88. The molecular weight excluding hydrogens is 342 g/mol. The van der Waals surface area contributed by atoms with E-state index in [9.17, 15) is 4.79 Å². The number of carbonyl (C=O) groups is 1. The zero-order valence-electron chi connectivity index (χ0n) is 14.5. The smallest absolute Gasteiger partial charge is 0.267 e. The quantitative estimate of drug-likeness (QED) is 0.545. The molecule has 0 saturated carbocycles. The first-order chi connectivity index (χ1) is 12.6. The summed E-state index contributed by atoms with van der Waals surface area (Å²) in [6, 6.07) is 17.6. The van der Waals surface area contributed by atoms with E-state index in [4.69, 9.17) is 0 Å². The Bertz CT molecular complexity index is 1100. The standard InChI is InChI=1S/C21H17N3OS/c1-13-10-11-17(16-9-6-12-22-18(13)16)24-20(25)19-14(2)23-21(26-19)15-7-4-3-5-8-15/h3-12H,1-2H3,(H,24,25). The zero-order chi connectivity index (χ0) is 18.1. The number of aromatic nitrogens is 2. The number of nitrogens with zero attached hydrogens (tertiary/aromatic N) is 2. The first kappa shape index (κ1) is 16.4. The molecule has 1 N–H and O–H groups in total. The average molecular weight is 359 g/mol. The van der Waals surface area contributed by atoms with Crippen molar-refractivity contribution < 1.29 is 4.79 Å². The van der Waals surface area contributed by atoms with Gasteiger partial charge in [0.1, 0.15) is 9.88 Å². The zero-order valence-corrected chi connectivity index (χ0v) is 15.3. The van der Waals surface area contributed by atoms with Crippen LogP contribution in [0.5, 0.6) is 0 Å². The van der Waals surface area contributed by atoms with Crippen molar-refractivity contribution in [1.82, 2.24) is 9.97 Å². The molecule has 2 aromatic heterocycles. The van der Waals surface area contributed by atoms with Crippen molar-refractivity contribution in [3.05, 3.63) is 76.9 Å². The number of rotatable bonds is 3. The van der Waals surface area contributed by atoms with Crippen LogP contribution < -0.4 is 5.32 Å². The van der Waals surface area contributed by atoms with E-state index in [1.165, 1.54) is 11.3 Å². The molecule has 0 radical (unpaired) electrons. The summed E-state index contributed by atoms with van der Waals surface area (Å²) >= 11 is 1.41. The maximum absolute atomic E-state index is 12.8. The number of fused-ring (bicyclic) bond motifs is 1. The Morgan fingerprint density at radius 1 is 1.00 bits per heavy atom. The number of carbonyl (C=O) groups excluding carboxylic acids is 1. The van der Waals surface area contributed by atoms with Crippen molar-refractivity contribution in [3.63, 3.8) is 0 Å². The monoisotopic (exact) mass is 359 g/mol. The van der Waals surface area contributed by atoms with Crippen LogP contribution in [0.2, 0.25) is 0 Å². The predicted molar refractivity (Wildman–Crippen MR) is 107 cm³/mol. The van der Waals surface area contributed by atoms with Gasteiger partial charge >= 0.3 is 0 Å². The van der Waals surface area contributed by atoms with Gasteiger partial charge in [-0.3, -0.25) is 9.78 Å². The molecule has 0 aliphatic rings. The van der Waals surface area contributed by atoms with E-state index in [0.29, 0.717) is 4.88 Å². The summed E-state index contributed by atoms with van der Waals surface area (Å²) in [6.07, 6.45) is 1.76. The van der Waals surface area contributed by atoms with Crippen molar-refractivity contribution in [2.24, 2.45) is 0 Å². The largest absolute Gasteiger partial charge is 0.321 e. The van der Waals surface area contributed by atoms with Crippen molar-refractivity contribution in [2.45, 2.75) is 13.8 Å². The van der Waals surface area contributed by atoms with E-state index in [0.717, 1.165) is 38.4 Å². The second kappa shape index (κ2) is 6.69. The van der Waals surface area contributed by atoms with Gasteiger partial charge in [-0.2, -0.15) is 0 Å². The molecule has 0 fully saturated rings. The lowest BCUT2D eigenvalue weighted by atomic mass is 10.1. The SMILES string of the molecule is Cc1nc(-c2ccccc2)sc1C(=O)Nc1ccc(C)c2ncccc12. The minimum atomic E-state index is -0.142. The third-order valence-corrected chi connectivity index (χ3v) is 5.45. The fraction of sp³-hybridized carbons (Fsp3) is 0.0952. The van der Waals surface area contributed by atoms with Crippen LogP contribution in [0.1, 0.15) is 20.9 Å². The lowest BCUT2D eigenvalue weighted by Gasteiger charge is -2.09. The summed E-state index contributed by atoms with van der Waals surface area (Å²) in [6.45, 7) is 3.88. The predicted octanol–water partition coefficient (Wildman–Crippen LogP) is 5.23. The summed E-state index contributed by atoms with van der Waals surface area (Å²) in [5.41, 5.74) is 4.50. The Morgan fingerprint density at radius 2 is 1.81 bits per heavy atom. The Morgan fingerprint density at radius 3 is 2.62 bits per heavy atom. The van der Waals surface area contributed by atoms with Crippen molar-refractivity contribution >= 4 is 33.8 Å². The van der Waals surface area contributed by atoms with E-state index < -0.39 is 0 Å². The molecule has 2 aromatic carbocycles. The average Bonchev–Trinajstić information content (AvgIpc) is 3.07. The molecule has 128 valence electrons. The number of benzene rings is 2. The van der Waals surface area contributed by atoms with Gasteiger partial charge < -0.3 is 5.32 Å². The highest BCUT2D eigenvalue weighted by molar-refractivity contribution is 7.17. The van der Waals surface area contributed by atoms with Crippen LogP contribution >= 0.6 is 11.3 Å². The lowest BCUT2D eigenvalue weighted by Crippen LogP contribution is -2.12. The van der Waals surface area contributed by atoms with Crippen molar-refractivity contribution in [2.75, 3.05) is 5.32 Å². The van der Waals surface area contributed by atoms with E-state index in [-0.39, 0.29) is 5.91 Å². The van der Waals surface area contributed by atoms with Crippen LogP contribution in [0.4, 0.5) is 5.69 Å². The lowest BCUT2D eigenvalue weighted by molar-refractivity contribution is 0.103. The highest BCUT2D eigenvalue weighted by Crippen LogP contribution is 2.30. The van der Waals surface area contributed by atoms with E-state index in [1.54, 1.807) is 6.20 Å². The third-order valence-electron chi connectivity index (χ3n) is 4.24. The van der Waals surface area contributed by atoms with Crippen LogP contribution in [0.15, 0.2) is 60.8 Å². The molecule has 4 nitrogen and oxygen atoms in total. The highest BCUT2D eigenvalue weighted by Gasteiger charge is 2.17. The van der Waals surface area contributed by atoms with Crippen LogP contribution in [0.25, 0.3) is 21.5 Å². The first-order valence-electron chi connectivity index (χ1n) is 8.32. The van der Waals surface area contributed by atoms with Gasteiger partial charge in [0, 0.05) is 17.1 Å². The Labute approximate surface area is 155 Å². The molecule has 2 heterocycles. The normalized spacial score (nSPS) is 10.8. The second-order valence-electron chi connectivity index (χ2n) is 6.08. The molecule has 26 heavy (non-hydrogen) atoms. The van der Waals surface area contributed by atoms with Gasteiger partial charge in [-0.1, -0.05) is 36.4 Å². The van der Waals surface area contributed by atoms with E-state index >= 15 is 0 Å². The van der Waals surface area contributed by atoms with E-state index in [2.05, 4.69) is 15.3 Å². The van der Waals surface area contributed by atoms with Crippen molar-refractivity contribution in [3.8, 4) is 10.6 Å². The first-order valence-corrected chi connectivity index (χ1v) is 9.13. The molecule has 5 heteroatoms. The van der Waals surface area contributed by atoms with Gasteiger partial charge in [-0.25, -0.2) is 4.98 Å². The molecule has 0 bridgehead atoms. The van der Waals surface area contributed by atoms with Gasteiger partial charge in [0.15, 0.2) is 0 Å². The molecule has 0 aliphatic heterocycles. The number of anilines is 1. The molecule has 4 aromatic rings.